The van der Waals surface area contributed by atoms with Crippen LogP contribution in [0.2, 0.25) is 0 Å². The smallest absolute Gasteiger partial charge is 0.120 e. The van der Waals surface area contributed by atoms with Gasteiger partial charge in [0, 0.05) is 3.57 Å². The first-order chi connectivity index (χ1) is 7.78. The summed E-state index contributed by atoms with van der Waals surface area (Å²) in [6.07, 6.45) is 6.92. The Hall–Kier alpha value is -0.250. The summed E-state index contributed by atoms with van der Waals surface area (Å²) in [6.45, 7) is 2.29. The van der Waals surface area contributed by atoms with Crippen molar-refractivity contribution >= 4 is 22.6 Å². The number of ether oxygens (including phenoxy) is 1. The molecule has 1 nitrogen and oxygen atoms in total. The van der Waals surface area contributed by atoms with Crippen LogP contribution in [-0.2, 0) is 0 Å². The lowest BCUT2D eigenvalue weighted by Gasteiger charge is -2.29. The van der Waals surface area contributed by atoms with Crippen LogP contribution in [0.25, 0.3) is 0 Å². The molecule has 0 amide bonds. The van der Waals surface area contributed by atoms with E-state index < -0.39 is 0 Å². The summed E-state index contributed by atoms with van der Waals surface area (Å²) in [6, 6.07) is 8.36. The molecular weight excluding hydrogens is 311 g/mol. The summed E-state index contributed by atoms with van der Waals surface area (Å²) >= 11 is 2.33. The van der Waals surface area contributed by atoms with Gasteiger partial charge in [0.05, 0.1) is 6.10 Å². The van der Waals surface area contributed by atoms with E-state index in [1.54, 1.807) is 0 Å². The average Bonchev–Trinajstić information content (AvgIpc) is 2.29. The molecule has 0 N–H and O–H groups in total. The second kappa shape index (κ2) is 5.89. The first kappa shape index (κ1) is 12.2. The molecule has 0 heterocycles. The maximum absolute atomic E-state index is 6.06. The highest BCUT2D eigenvalue weighted by atomic mass is 127. The van der Waals surface area contributed by atoms with Crippen LogP contribution in [0.5, 0.6) is 5.75 Å². The maximum atomic E-state index is 6.06. The minimum Gasteiger partial charge on any atom is -0.490 e. The zero-order valence-electron chi connectivity index (χ0n) is 9.79. The van der Waals surface area contributed by atoms with Gasteiger partial charge in [0.25, 0.3) is 0 Å². The topological polar surface area (TPSA) is 9.23 Å². The lowest BCUT2D eigenvalue weighted by molar-refractivity contribution is 0.122. The van der Waals surface area contributed by atoms with Crippen LogP contribution in [0.1, 0.15) is 39.0 Å². The van der Waals surface area contributed by atoms with E-state index in [0.29, 0.717) is 6.10 Å². The Bertz CT molecular complexity index is 337. The average molecular weight is 330 g/mol. The van der Waals surface area contributed by atoms with Gasteiger partial charge in [0.2, 0.25) is 0 Å². The molecule has 0 aliphatic heterocycles. The standard InChI is InChI=1S/C14H19IO/c1-2-11-5-3-7-13(9-11)16-14-8-4-6-12(15)10-14/h4,6,8,10-11,13H,2-3,5,7,9H2,1H3. The Morgan fingerprint density at radius 1 is 1.38 bits per heavy atom. The van der Waals surface area contributed by atoms with E-state index in [1.165, 1.54) is 35.7 Å². The maximum Gasteiger partial charge on any atom is 0.120 e. The highest BCUT2D eigenvalue weighted by Crippen LogP contribution is 2.29. The van der Waals surface area contributed by atoms with Crippen molar-refractivity contribution in [3.63, 3.8) is 0 Å². The zero-order chi connectivity index (χ0) is 11.4. The number of halogens is 1. The van der Waals surface area contributed by atoms with Crippen molar-refractivity contribution in [1.29, 1.82) is 0 Å². The van der Waals surface area contributed by atoms with Crippen LogP contribution in [-0.4, -0.2) is 6.10 Å². The third-order valence-corrected chi connectivity index (χ3v) is 4.08. The fourth-order valence-corrected chi connectivity index (χ4v) is 2.97. The van der Waals surface area contributed by atoms with Crippen molar-refractivity contribution in [3.8, 4) is 5.75 Å². The molecule has 1 fully saturated rings. The highest BCUT2D eigenvalue weighted by molar-refractivity contribution is 14.1. The number of hydrogen-bond donors (Lipinski definition) is 0. The zero-order valence-corrected chi connectivity index (χ0v) is 11.9. The van der Waals surface area contributed by atoms with Gasteiger partial charge in [-0.2, -0.15) is 0 Å². The Labute approximate surface area is 112 Å². The minimum atomic E-state index is 0.442. The Kier molecular flexibility index (Phi) is 4.50. The summed E-state index contributed by atoms with van der Waals surface area (Å²) < 4.78 is 7.31. The van der Waals surface area contributed by atoms with Gasteiger partial charge in [-0.1, -0.05) is 25.8 Å². The normalized spacial score (nSPS) is 25.4. The fraction of sp³-hybridized carbons (Fsp3) is 0.571. The van der Waals surface area contributed by atoms with E-state index >= 15 is 0 Å². The van der Waals surface area contributed by atoms with E-state index in [4.69, 9.17) is 4.74 Å². The molecule has 1 aliphatic rings. The monoisotopic (exact) mass is 330 g/mol. The number of hydrogen-bond acceptors (Lipinski definition) is 1. The SMILES string of the molecule is CCC1CCCC(Oc2cccc(I)c2)C1. The van der Waals surface area contributed by atoms with Gasteiger partial charge in [0.15, 0.2) is 0 Å². The van der Waals surface area contributed by atoms with E-state index in [1.807, 2.05) is 0 Å². The van der Waals surface area contributed by atoms with Crippen LogP contribution in [0.15, 0.2) is 24.3 Å². The van der Waals surface area contributed by atoms with Crippen LogP contribution in [0, 0.1) is 9.49 Å². The molecule has 1 aromatic rings. The van der Waals surface area contributed by atoms with Gasteiger partial charge >= 0.3 is 0 Å². The third kappa shape index (κ3) is 3.37. The van der Waals surface area contributed by atoms with Crippen molar-refractivity contribution < 1.29 is 4.74 Å². The molecule has 1 aromatic carbocycles. The van der Waals surface area contributed by atoms with Crippen LogP contribution in [0.3, 0.4) is 0 Å². The van der Waals surface area contributed by atoms with Gasteiger partial charge < -0.3 is 4.74 Å². The largest absolute Gasteiger partial charge is 0.490 e. The van der Waals surface area contributed by atoms with Crippen molar-refractivity contribution in [1.82, 2.24) is 0 Å². The highest BCUT2D eigenvalue weighted by Gasteiger charge is 2.21. The lowest BCUT2D eigenvalue weighted by Crippen LogP contribution is -2.25. The van der Waals surface area contributed by atoms with Crippen molar-refractivity contribution in [3.05, 3.63) is 27.8 Å². The molecule has 1 saturated carbocycles. The second-order valence-electron chi connectivity index (χ2n) is 4.64. The van der Waals surface area contributed by atoms with Gasteiger partial charge in [-0.05, 0) is 66.0 Å². The predicted molar refractivity (Wildman–Crippen MR) is 75.8 cm³/mol. The molecule has 0 radical (unpaired) electrons. The van der Waals surface area contributed by atoms with Gasteiger partial charge in [-0.25, -0.2) is 0 Å². The lowest BCUT2D eigenvalue weighted by atomic mass is 9.85. The van der Waals surface area contributed by atoms with E-state index in [-0.39, 0.29) is 0 Å². The second-order valence-corrected chi connectivity index (χ2v) is 5.88. The quantitative estimate of drug-likeness (QED) is 0.734. The molecule has 1 aliphatic carbocycles. The number of rotatable bonds is 3. The van der Waals surface area contributed by atoms with Gasteiger partial charge in [-0.15, -0.1) is 0 Å². The van der Waals surface area contributed by atoms with Crippen LogP contribution >= 0.6 is 22.6 Å². The van der Waals surface area contributed by atoms with Crippen molar-refractivity contribution in [2.75, 3.05) is 0 Å². The molecule has 0 bridgehead atoms. The van der Waals surface area contributed by atoms with Crippen LogP contribution < -0.4 is 4.74 Å². The molecule has 0 aromatic heterocycles. The summed E-state index contributed by atoms with van der Waals surface area (Å²) in [5.74, 6) is 1.91. The molecule has 0 saturated heterocycles. The van der Waals surface area contributed by atoms with E-state index in [2.05, 4.69) is 53.8 Å². The Balaban J connectivity index is 1.94. The predicted octanol–water partition coefficient (Wildman–Crippen LogP) is 4.64. The van der Waals surface area contributed by atoms with E-state index in [9.17, 15) is 0 Å². The van der Waals surface area contributed by atoms with Gasteiger partial charge in [-0.3, -0.25) is 0 Å². The number of benzene rings is 1. The Morgan fingerprint density at radius 2 is 2.25 bits per heavy atom. The molecule has 0 spiro atoms. The summed E-state index contributed by atoms with van der Waals surface area (Å²) in [4.78, 5) is 0. The van der Waals surface area contributed by atoms with Crippen LogP contribution in [0.4, 0.5) is 0 Å². The Morgan fingerprint density at radius 3 is 3.00 bits per heavy atom. The molecule has 2 unspecified atom stereocenters. The summed E-state index contributed by atoms with van der Waals surface area (Å²) in [5.41, 5.74) is 0. The van der Waals surface area contributed by atoms with Crippen molar-refractivity contribution in [2.45, 2.75) is 45.1 Å². The molecule has 2 heteroatoms. The molecule has 2 rings (SSSR count). The first-order valence-electron chi connectivity index (χ1n) is 6.20. The summed E-state index contributed by atoms with van der Waals surface area (Å²) in [7, 11) is 0. The molecule has 88 valence electrons. The van der Waals surface area contributed by atoms with Crippen molar-refractivity contribution in [2.24, 2.45) is 5.92 Å². The summed E-state index contributed by atoms with van der Waals surface area (Å²) in [5, 5.41) is 0. The molecular formula is C14H19IO. The minimum absolute atomic E-state index is 0.442. The molecule has 2 atom stereocenters. The third-order valence-electron chi connectivity index (χ3n) is 3.41. The van der Waals surface area contributed by atoms with Gasteiger partial charge in [0.1, 0.15) is 5.75 Å². The van der Waals surface area contributed by atoms with E-state index in [0.717, 1.165) is 11.7 Å². The fourth-order valence-electron chi connectivity index (χ4n) is 2.45. The first-order valence-corrected chi connectivity index (χ1v) is 7.28. The molecule has 16 heavy (non-hydrogen) atoms.